The van der Waals surface area contributed by atoms with Crippen LogP contribution in [-0.2, 0) is 0 Å². The van der Waals surface area contributed by atoms with Crippen molar-refractivity contribution in [1.29, 1.82) is 0 Å². The van der Waals surface area contributed by atoms with Crippen molar-refractivity contribution in [3.8, 4) is 22.3 Å². The number of hydrogen-bond donors (Lipinski definition) is 2. The molecule has 136 valence electrons. The summed E-state index contributed by atoms with van der Waals surface area (Å²) < 4.78 is 0. The smallest absolute Gasteiger partial charge is 0.0627 e. The Balaban J connectivity index is 0.000000189. The molecule has 3 heteroatoms. The summed E-state index contributed by atoms with van der Waals surface area (Å²) >= 11 is 0. The van der Waals surface area contributed by atoms with Crippen molar-refractivity contribution in [3.63, 3.8) is 0 Å². The lowest BCUT2D eigenvalue weighted by atomic mass is 10.0. The van der Waals surface area contributed by atoms with Crippen molar-refractivity contribution in [2.24, 2.45) is 0 Å². The summed E-state index contributed by atoms with van der Waals surface area (Å²) in [6.45, 7) is 0. The Morgan fingerprint density at radius 1 is 0.407 bits per heavy atom. The topological polar surface area (TPSA) is 83.5 Å². The van der Waals surface area contributed by atoms with Crippen LogP contribution in [0.3, 0.4) is 0 Å². The van der Waals surface area contributed by atoms with Crippen LogP contribution in [0, 0.1) is 0 Å². The van der Waals surface area contributed by atoms with E-state index < -0.39 is 0 Å². The van der Waals surface area contributed by atoms with Crippen LogP contribution in [0.15, 0.2) is 109 Å². The Bertz CT molecular complexity index is 902. The molecule has 0 aliphatic carbocycles. The van der Waals surface area contributed by atoms with E-state index in [1.54, 1.807) is 0 Å². The molecule has 0 radical (unpaired) electrons. The largest absolute Gasteiger partial charge is 0.412 e. The Morgan fingerprint density at radius 3 is 1.26 bits per heavy atom. The first kappa shape index (κ1) is 19.8. The predicted molar refractivity (Wildman–Crippen MR) is 116 cm³/mol. The highest BCUT2D eigenvalue weighted by Crippen LogP contribution is 2.29. The third kappa shape index (κ3) is 5.21. The lowest BCUT2D eigenvalue weighted by Gasteiger charge is -2.07. The van der Waals surface area contributed by atoms with Crippen LogP contribution in [0.4, 0.5) is 11.4 Å². The lowest BCUT2D eigenvalue weighted by molar-refractivity contribution is 0.824. The van der Waals surface area contributed by atoms with Crippen LogP contribution in [0.1, 0.15) is 0 Å². The number of rotatable bonds is 2. The van der Waals surface area contributed by atoms with E-state index in [4.69, 9.17) is 11.5 Å². The molecule has 0 spiro atoms. The second-order valence-electron chi connectivity index (χ2n) is 5.91. The van der Waals surface area contributed by atoms with E-state index in [-0.39, 0.29) is 5.48 Å². The summed E-state index contributed by atoms with van der Waals surface area (Å²) in [5, 5.41) is 0. The summed E-state index contributed by atoms with van der Waals surface area (Å²) in [6, 6.07) is 36.5. The van der Waals surface area contributed by atoms with E-state index in [0.717, 1.165) is 11.1 Å². The third-order valence-electron chi connectivity index (χ3n) is 4.11. The first-order valence-electron chi connectivity index (χ1n) is 8.55. The zero-order valence-electron chi connectivity index (χ0n) is 15.0. The summed E-state index contributed by atoms with van der Waals surface area (Å²) in [6.07, 6.45) is 0. The van der Waals surface area contributed by atoms with Crippen molar-refractivity contribution in [1.82, 2.24) is 0 Å². The van der Waals surface area contributed by atoms with Gasteiger partial charge in [-0.25, -0.2) is 0 Å². The summed E-state index contributed by atoms with van der Waals surface area (Å²) in [7, 11) is 0. The quantitative estimate of drug-likeness (QED) is 0.493. The molecule has 4 rings (SSSR count). The highest BCUT2D eigenvalue weighted by Gasteiger charge is 2.03. The highest BCUT2D eigenvalue weighted by atomic mass is 16.0. The maximum Gasteiger partial charge on any atom is 0.0627 e. The molecule has 0 saturated carbocycles. The van der Waals surface area contributed by atoms with Gasteiger partial charge in [0.15, 0.2) is 0 Å². The van der Waals surface area contributed by atoms with Crippen molar-refractivity contribution >= 4 is 11.4 Å². The average Bonchev–Trinajstić information content (AvgIpc) is 2.72. The lowest BCUT2D eigenvalue weighted by Crippen LogP contribution is -1.96. The minimum Gasteiger partial charge on any atom is -0.412 e. The molecule has 0 aromatic heterocycles. The van der Waals surface area contributed by atoms with Crippen LogP contribution in [-0.4, -0.2) is 5.48 Å². The first-order valence-corrected chi connectivity index (χ1v) is 8.55. The van der Waals surface area contributed by atoms with Crippen LogP contribution in [0.25, 0.3) is 22.3 Å². The van der Waals surface area contributed by atoms with Crippen molar-refractivity contribution in [2.45, 2.75) is 0 Å². The van der Waals surface area contributed by atoms with Gasteiger partial charge >= 0.3 is 0 Å². The Kier molecular flexibility index (Phi) is 7.17. The number of anilines is 2. The van der Waals surface area contributed by atoms with E-state index >= 15 is 0 Å². The van der Waals surface area contributed by atoms with Gasteiger partial charge in [0.1, 0.15) is 0 Å². The molecule has 0 saturated heterocycles. The molecule has 0 amide bonds. The van der Waals surface area contributed by atoms with Gasteiger partial charge in [0.25, 0.3) is 0 Å². The van der Waals surface area contributed by atoms with E-state index in [1.807, 2.05) is 60.7 Å². The Labute approximate surface area is 160 Å². The molecule has 6 N–H and O–H groups in total. The minimum atomic E-state index is 0. The van der Waals surface area contributed by atoms with Gasteiger partial charge in [-0.2, -0.15) is 0 Å². The molecule has 0 bridgehead atoms. The van der Waals surface area contributed by atoms with Crippen molar-refractivity contribution < 1.29 is 5.48 Å². The number of nitrogens with two attached hydrogens (primary N) is 2. The standard InChI is InChI=1S/C12H12N2.C12H10.H2O/c13-11-8-4-7-10(12(11)14)9-5-2-1-3-6-9;1-3-7-11(8-4-1)12-9-5-2-6-10-12;/h1-8H,13-14H2;1-10H;1H2. The molecular formula is C24H24N2O. The van der Waals surface area contributed by atoms with Gasteiger partial charge in [-0.15, -0.1) is 0 Å². The zero-order valence-corrected chi connectivity index (χ0v) is 15.0. The van der Waals surface area contributed by atoms with Gasteiger partial charge in [0.05, 0.1) is 11.4 Å². The fourth-order valence-electron chi connectivity index (χ4n) is 2.71. The molecule has 0 fully saturated rings. The number of para-hydroxylation sites is 1. The minimum absolute atomic E-state index is 0. The molecule has 0 atom stereocenters. The highest BCUT2D eigenvalue weighted by molar-refractivity contribution is 5.84. The molecule has 0 heterocycles. The second-order valence-corrected chi connectivity index (χ2v) is 5.91. The van der Waals surface area contributed by atoms with Crippen LogP contribution in [0.5, 0.6) is 0 Å². The zero-order chi connectivity index (χ0) is 18.2. The Morgan fingerprint density at radius 2 is 0.815 bits per heavy atom. The van der Waals surface area contributed by atoms with Gasteiger partial charge < -0.3 is 16.9 Å². The van der Waals surface area contributed by atoms with Crippen LogP contribution < -0.4 is 11.5 Å². The monoisotopic (exact) mass is 356 g/mol. The molecule has 0 aliphatic heterocycles. The SMILES string of the molecule is Nc1cccc(-c2ccccc2)c1N.O.c1ccc(-c2ccccc2)cc1. The van der Waals surface area contributed by atoms with Crippen molar-refractivity contribution in [3.05, 3.63) is 109 Å². The summed E-state index contributed by atoms with van der Waals surface area (Å²) in [5.41, 5.74) is 17.5. The van der Waals surface area contributed by atoms with Gasteiger partial charge in [-0.05, 0) is 22.8 Å². The fourth-order valence-corrected chi connectivity index (χ4v) is 2.71. The van der Waals surface area contributed by atoms with Crippen molar-refractivity contribution in [2.75, 3.05) is 11.5 Å². The second kappa shape index (κ2) is 9.80. The van der Waals surface area contributed by atoms with Gasteiger partial charge in [0.2, 0.25) is 0 Å². The molecule has 0 aliphatic rings. The Hall–Kier alpha value is -3.56. The number of hydrogen-bond acceptors (Lipinski definition) is 2. The van der Waals surface area contributed by atoms with E-state index in [2.05, 4.69) is 48.5 Å². The fraction of sp³-hybridized carbons (Fsp3) is 0. The number of nitrogen functional groups attached to an aromatic ring is 2. The first-order chi connectivity index (χ1) is 12.8. The maximum atomic E-state index is 5.89. The molecule has 3 nitrogen and oxygen atoms in total. The van der Waals surface area contributed by atoms with Gasteiger partial charge in [-0.3, -0.25) is 0 Å². The molecule has 0 unspecified atom stereocenters. The maximum absolute atomic E-state index is 5.89. The molecule has 4 aromatic carbocycles. The summed E-state index contributed by atoms with van der Waals surface area (Å²) in [5.74, 6) is 0. The predicted octanol–water partition coefficient (Wildman–Crippen LogP) is 5.05. The van der Waals surface area contributed by atoms with E-state index in [1.165, 1.54) is 11.1 Å². The average molecular weight is 356 g/mol. The molecule has 4 aromatic rings. The van der Waals surface area contributed by atoms with Crippen LogP contribution in [0.2, 0.25) is 0 Å². The van der Waals surface area contributed by atoms with Gasteiger partial charge in [-0.1, -0.05) is 103 Å². The normalized spacial score (nSPS) is 9.48. The molecule has 27 heavy (non-hydrogen) atoms. The van der Waals surface area contributed by atoms with E-state index in [9.17, 15) is 0 Å². The molecular weight excluding hydrogens is 332 g/mol. The van der Waals surface area contributed by atoms with E-state index in [0.29, 0.717) is 11.4 Å². The number of benzene rings is 4. The van der Waals surface area contributed by atoms with Crippen LogP contribution >= 0.6 is 0 Å². The summed E-state index contributed by atoms with van der Waals surface area (Å²) in [4.78, 5) is 0. The third-order valence-corrected chi connectivity index (χ3v) is 4.11. The van der Waals surface area contributed by atoms with Gasteiger partial charge in [0, 0.05) is 5.56 Å².